The highest BCUT2D eigenvalue weighted by atomic mass is 35.5. The number of methoxy groups -OCH3 is 1. The van der Waals surface area contributed by atoms with Crippen LogP contribution in [0.1, 0.15) is 60.3 Å². The first-order valence-corrected chi connectivity index (χ1v) is 13.6. The molecule has 1 amide bonds. The summed E-state index contributed by atoms with van der Waals surface area (Å²) < 4.78 is 10.5. The molecule has 206 valence electrons. The normalized spacial score (nSPS) is 15.7. The summed E-state index contributed by atoms with van der Waals surface area (Å²) in [4.78, 5) is 26.9. The van der Waals surface area contributed by atoms with Crippen molar-refractivity contribution in [2.45, 2.75) is 57.8 Å². The molecule has 0 saturated carbocycles. The van der Waals surface area contributed by atoms with Gasteiger partial charge < -0.3 is 19.5 Å². The van der Waals surface area contributed by atoms with Gasteiger partial charge in [-0.05, 0) is 86.6 Å². The van der Waals surface area contributed by atoms with Crippen LogP contribution in [0.15, 0.2) is 60.7 Å². The number of carbonyl (C=O) groups excluding carboxylic acids is 2. The molecule has 0 heterocycles. The number of ether oxygens (including phenoxy) is 2. The highest BCUT2D eigenvalue weighted by Gasteiger charge is 2.33. The number of amides is 1. The zero-order valence-corrected chi connectivity index (χ0v) is 24.1. The van der Waals surface area contributed by atoms with Gasteiger partial charge in [0.15, 0.2) is 0 Å². The smallest absolute Gasteiger partial charge is 0.410 e. The topological polar surface area (TPSA) is 76.1 Å². The van der Waals surface area contributed by atoms with Crippen LogP contribution in [0.3, 0.4) is 0 Å². The summed E-state index contributed by atoms with van der Waals surface area (Å²) in [6.07, 6.45) is 0.781. The Morgan fingerprint density at radius 1 is 1.03 bits per heavy atom. The van der Waals surface area contributed by atoms with Gasteiger partial charge in [0.25, 0.3) is 0 Å². The van der Waals surface area contributed by atoms with Crippen molar-refractivity contribution in [3.05, 3.63) is 93.0 Å². The van der Waals surface area contributed by atoms with Crippen LogP contribution < -0.4 is 0 Å². The Labute approximate surface area is 239 Å². The summed E-state index contributed by atoms with van der Waals surface area (Å²) in [6.45, 7) is 5.58. The van der Waals surface area contributed by atoms with Crippen molar-refractivity contribution in [3.63, 3.8) is 0 Å². The van der Waals surface area contributed by atoms with Crippen LogP contribution in [0.25, 0.3) is 11.1 Å². The second-order valence-corrected chi connectivity index (χ2v) is 11.6. The lowest BCUT2D eigenvalue weighted by Crippen LogP contribution is -2.47. The SMILES string of the molecule is COC(=O)c1ccc(-c2ccc3c(c2)C[C@@H](N(C[C@@H](O)c2ccc(Cl)cc2)C(=O)OC(C)(C)C)CC3)c(Cl)c1. The predicted molar refractivity (Wildman–Crippen MR) is 153 cm³/mol. The Morgan fingerprint density at radius 3 is 2.38 bits per heavy atom. The molecule has 0 aliphatic heterocycles. The first-order valence-electron chi connectivity index (χ1n) is 12.9. The van der Waals surface area contributed by atoms with Gasteiger partial charge in [-0.25, -0.2) is 9.59 Å². The Hall–Kier alpha value is -3.06. The maximum Gasteiger partial charge on any atom is 0.410 e. The molecule has 8 heteroatoms. The molecular weight excluding hydrogens is 537 g/mol. The lowest BCUT2D eigenvalue weighted by atomic mass is 9.85. The molecule has 39 heavy (non-hydrogen) atoms. The molecule has 4 rings (SSSR count). The van der Waals surface area contributed by atoms with E-state index in [0.29, 0.717) is 27.6 Å². The number of halogens is 2. The standard InChI is InChI=1S/C31H33Cl2NO5/c1-31(2,3)39-30(37)34(18-28(35)20-7-11-24(32)12-8-20)25-13-9-19-5-6-21(15-23(19)16-25)26-14-10-22(17-27(26)33)29(36)38-4/h5-8,10-12,14-15,17,25,28,35H,9,13,16,18H2,1-4H3/t25-,28+/m0/s1. The summed E-state index contributed by atoms with van der Waals surface area (Å²) >= 11 is 12.6. The van der Waals surface area contributed by atoms with E-state index >= 15 is 0 Å². The first kappa shape index (κ1) is 28.9. The van der Waals surface area contributed by atoms with Crippen LogP contribution in [0.5, 0.6) is 0 Å². The number of carbonyl (C=O) groups is 2. The molecule has 0 radical (unpaired) electrons. The number of aryl methyl sites for hydroxylation is 1. The fraction of sp³-hybridized carbons (Fsp3) is 0.355. The number of hydrogen-bond donors (Lipinski definition) is 1. The van der Waals surface area contributed by atoms with Crippen molar-refractivity contribution >= 4 is 35.3 Å². The largest absolute Gasteiger partial charge is 0.465 e. The van der Waals surface area contributed by atoms with Gasteiger partial charge in [0.2, 0.25) is 0 Å². The van der Waals surface area contributed by atoms with Crippen molar-refractivity contribution in [2.75, 3.05) is 13.7 Å². The minimum absolute atomic E-state index is 0.0943. The molecule has 2 atom stereocenters. The van der Waals surface area contributed by atoms with Crippen molar-refractivity contribution in [2.24, 2.45) is 0 Å². The van der Waals surface area contributed by atoms with Crippen LogP contribution in [0, 0.1) is 0 Å². The van der Waals surface area contributed by atoms with Crippen molar-refractivity contribution < 1.29 is 24.2 Å². The summed E-state index contributed by atoms with van der Waals surface area (Å²) in [5.74, 6) is -0.445. The van der Waals surface area contributed by atoms with Gasteiger partial charge in [-0.2, -0.15) is 0 Å². The minimum atomic E-state index is -0.894. The van der Waals surface area contributed by atoms with Gasteiger partial charge in [0.1, 0.15) is 5.60 Å². The Bertz CT molecular complexity index is 1350. The summed E-state index contributed by atoms with van der Waals surface area (Å²) in [5, 5.41) is 12.0. The van der Waals surface area contributed by atoms with E-state index in [0.717, 1.165) is 29.5 Å². The van der Waals surface area contributed by atoms with Crippen LogP contribution in [0.2, 0.25) is 10.0 Å². The fourth-order valence-corrected chi connectivity index (χ4v) is 5.25. The average molecular weight is 571 g/mol. The number of rotatable bonds is 6. The number of hydrogen-bond acceptors (Lipinski definition) is 5. The van der Waals surface area contributed by atoms with E-state index in [1.807, 2.05) is 32.9 Å². The predicted octanol–water partition coefficient (Wildman–Crippen LogP) is 7.28. The van der Waals surface area contributed by atoms with Gasteiger partial charge in [-0.3, -0.25) is 0 Å². The fourth-order valence-electron chi connectivity index (χ4n) is 4.84. The van der Waals surface area contributed by atoms with E-state index in [-0.39, 0.29) is 12.6 Å². The molecule has 0 saturated heterocycles. The molecule has 0 unspecified atom stereocenters. The van der Waals surface area contributed by atoms with Crippen LogP contribution in [-0.4, -0.2) is 47.4 Å². The van der Waals surface area contributed by atoms with E-state index in [2.05, 4.69) is 12.1 Å². The highest BCUT2D eigenvalue weighted by Crippen LogP contribution is 2.34. The lowest BCUT2D eigenvalue weighted by Gasteiger charge is -2.37. The third-order valence-corrected chi connectivity index (χ3v) is 7.37. The molecule has 3 aromatic carbocycles. The van der Waals surface area contributed by atoms with Gasteiger partial charge in [-0.1, -0.05) is 59.6 Å². The quantitative estimate of drug-likeness (QED) is 0.316. The van der Waals surface area contributed by atoms with Crippen molar-refractivity contribution in [3.8, 4) is 11.1 Å². The van der Waals surface area contributed by atoms with E-state index in [1.165, 1.54) is 12.7 Å². The van der Waals surface area contributed by atoms with Crippen LogP contribution in [0.4, 0.5) is 4.79 Å². The molecule has 3 aromatic rings. The number of fused-ring (bicyclic) bond motifs is 1. The Kier molecular flexibility index (Phi) is 8.90. The number of nitrogens with zero attached hydrogens (tertiary/aromatic N) is 1. The van der Waals surface area contributed by atoms with E-state index < -0.39 is 23.8 Å². The molecule has 0 fully saturated rings. The zero-order chi connectivity index (χ0) is 28.3. The zero-order valence-electron chi connectivity index (χ0n) is 22.5. The number of benzene rings is 3. The number of aliphatic hydroxyl groups is 1. The van der Waals surface area contributed by atoms with E-state index in [9.17, 15) is 14.7 Å². The third kappa shape index (κ3) is 7.13. The molecule has 1 N–H and O–H groups in total. The van der Waals surface area contributed by atoms with Gasteiger partial charge in [0, 0.05) is 21.7 Å². The summed E-state index contributed by atoms with van der Waals surface area (Å²) in [7, 11) is 1.33. The molecular formula is C31H33Cl2NO5. The van der Waals surface area contributed by atoms with Crippen LogP contribution >= 0.6 is 23.2 Å². The maximum absolute atomic E-state index is 13.4. The molecule has 1 aliphatic rings. The lowest BCUT2D eigenvalue weighted by molar-refractivity contribution is 0.00195. The number of aliphatic hydroxyl groups excluding tert-OH is 1. The van der Waals surface area contributed by atoms with E-state index in [1.54, 1.807) is 41.3 Å². The highest BCUT2D eigenvalue weighted by molar-refractivity contribution is 6.33. The van der Waals surface area contributed by atoms with Gasteiger partial charge in [-0.15, -0.1) is 0 Å². The molecule has 0 spiro atoms. The van der Waals surface area contributed by atoms with Crippen molar-refractivity contribution in [1.29, 1.82) is 0 Å². The second-order valence-electron chi connectivity index (χ2n) is 10.8. The Balaban J connectivity index is 1.60. The van der Waals surface area contributed by atoms with Crippen LogP contribution in [-0.2, 0) is 22.3 Å². The first-order chi connectivity index (χ1) is 18.4. The summed E-state index contributed by atoms with van der Waals surface area (Å²) in [5.41, 5.74) is 4.42. The maximum atomic E-state index is 13.4. The number of esters is 1. The van der Waals surface area contributed by atoms with E-state index in [4.69, 9.17) is 32.7 Å². The Morgan fingerprint density at radius 2 is 1.74 bits per heavy atom. The van der Waals surface area contributed by atoms with Gasteiger partial charge >= 0.3 is 12.1 Å². The average Bonchev–Trinajstić information content (AvgIpc) is 2.89. The molecule has 1 aliphatic carbocycles. The second kappa shape index (κ2) is 12.0. The van der Waals surface area contributed by atoms with Crippen molar-refractivity contribution in [1.82, 2.24) is 4.90 Å². The molecule has 0 bridgehead atoms. The minimum Gasteiger partial charge on any atom is -0.465 e. The molecule has 0 aromatic heterocycles. The molecule has 6 nitrogen and oxygen atoms in total. The third-order valence-electron chi connectivity index (χ3n) is 6.80. The summed E-state index contributed by atoms with van der Waals surface area (Å²) in [6, 6.07) is 18.1. The van der Waals surface area contributed by atoms with Gasteiger partial charge in [0.05, 0.1) is 25.3 Å². The monoisotopic (exact) mass is 569 g/mol.